The van der Waals surface area contributed by atoms with Crippen LogP contribution in [0.25, 0.3) is 0 Å². The van der Waals surface area contributed by atoms with Gasteiger partial charge in [-0.3, -0.25) is 9.78 Å². The molecule has 0 saturated carbocycles. The van der Waals surface area contributed by atoms with E-state index in [1.807, 2.05) is 24.1 Å². The third-order valence-electron chi connectivity index (χ3n) is 5.35. The van der Waals surface area contributed by atoms with Gasteiger partial charge in [0.2, 0.25) is 0 Å². The van der Waals surface area contributed by atoms with Crippen molar-refractivity contribution in [2.45, 2.75) is 31.7 Å². The second-order valence-corrected chi connectivity index (χ2v) is 6.98. The van der Waals surface area contributed by atoms with Crippen LogP contribution in [0.5, 0.6) is 0 Å². The molecule has 0 aliphatic carbocycles. The number of carbonyl (C=O) groups is 1. The molecular weight excluding hydrogens is 326 g/mol. The average Bonchev–Trinajstić information content (AvgIpc) is 3.39. The van der Waals surface area contributed by atoms with E-state index in [4.69, 9.17) is 0 Å². The summed E-state index contributed by atoms with van der Waals surface area (Å²) in [7, 11) is 1.83. The molecule has 0 spiro atoms. The Bertz CT molecular complexity index is 770. The van der Waals surface area contributed by atoms with Crippen LogP contribution in [0.3, 0.4) is 0 Å². The Balaban J connectivity index is 1.52. The average molecular weight is 351 g/mol. The van der Waals surface area contributed by atoms with E-state index in [-0.39, 0.29) is 11.9 Å². The van der Waals surface area contributed by atoms with Gasteiger partial charge < -0.3 is 15.1 Å². The normalized spacial score (nSPS) is 19.8. The third kappa shape index (κ3) is 3.23. The maximum atomic E-state index is 13.1. The molecule has 0 bridgehead atoms. The van der Waals surface area contributed by atoms with E-state index in [2.05, 4.69) is 32.3 Å². The zero-order valence-corrected chi connectivity index (χ0v) is 15.2. The van der Waals surface area contributed by atoms with Gasteiger partial charge in [-0.1, -0.05) is 0 Å². The van der Waals surface area contributed by atoms with Crippen molar-refractivity contribution in [2.24, 2.45) is 0 Å². The molecule has 1 N–H and O–H groups in total. The second-order valence-electron chi connectivity index (χ2n) is 6.98. The number of benzene rings is 1. The van der Waals surface area contributed by atoms with Crippen molar-refractivity contribution < 1.29 is 4.79 Å². The Labute approximate surface area is 154 Å². The largest absolute Gasteiger partial charge is 0.372 e. The number of likely N-dealkylation sites (tertiary alicyclic amines) is 1. The lowest BCUT2D eigenvalue weighted by Crippen LogP contribution is -2.31. The van der Waals surface area contributed by atoms with E-state index in [0.717, 1.165) is 49.6 Å². The number of anilines is 2. The molecule has 1 aromatic carbocycles. The Hall–Kier alpha value is -2.63. The highest BCUT2D eigenvalue weighted by Crippen LogP contribution is 2.32. The molecule has 26 heavy (non-hydrogen) atoms. The van der Waals surface area contributed by atoms with Gasteiger partial charge in [-0.05, 0) is 49.9 Å². The first-order valence-electron chi connectivity index (χ1n) is 9.42. The number of hydrogen-bond acceptors (Lipinski definition) is 5. The monoisotopic (exact) mass is 351 g/mol. The van der Waals surface area contributed by atoms with Crippen LogP contribution in [0.2, 0.25) is 0 Å². The minimum absolute atomic E-state index is 0.00144. The van der Waals surface area contributed by atoms with Crippen molar-refractivity contribution in [3.8, 4) is 0 Å². The lowest BCUT2D eigenvalue weighted by atomic mass is 10.1. The third-order valence-corrected chi connectivity index (χ3v) is 5.35. The molecule has 1 amide bonds. The molecule has 6 heteroatoms. The Morgan fingerprint density at radius 2 is 1.85 bits per heavy atom. The molecule has 136 valence electrons. The number of carbonyl (C=O) groups excluding carboxylic acids is 1. The molecule has 2 aliphatic rings. The molecule has 2 aromatic rings. The van der Waals surface area contributed by atoms with Crippen LogP contribution < -0.4 is 10.2 Å². The Morgan fingerprint density at radius 1 is 1.08 bits per heavy atom. The van der Waals surface area contributed by atoms with Crippen molar-refractivity contribution >= 4 is 17.4 Å². The molecule has 2 fully saturated rings. The van der Waals surface area contributed by atoms with E-state index in [9.17, 15) is 4.79 Å². The summed E-state index contributed by atoms with van der Waals surface area (Å²) >= 11 is 0. The SMILES string of the molecule is CNc1cncc([C@H]2CCCN2C(=O)c2ccc(N3CCCC3)cc2)n1. The molecule has 2 saturated heterocycles. The molecule has 6 nitrogen and oxygen atoms in total. The summed E-state index contributed by atoms with van der Waals surface area (Å²) in [5.41, 5.74) is 2.82. The topological polar surface area (TPSA) is 61.4 Å². The quantitative estimate of drug-likeness (QED) is 0.917. The van der Waals surface area contributed by atoms with Crippen LogP contribution in [0.4, 0.5) is 11.5 Å². The number of nitrogens with one attached hydrogen (secondary N) is 1. The van der Waals surface area contributed by atoms with E-state index in [1.165, 1.54) is 18.5 Å². The zero-order valence-electron chi connectivity index (χ0n) is 15.2. The summed E-state index contributed by atoms with van der Waals surface area (Å²) in [6.45, 7) is 2.99. The predicted octanol–water partition coefficient (Wildman–Crippen LogP) is 3.10. The van der Waals surface area contributed by atoms with Gasteiger partial charge in [-0.2, -0.15) is 0 Å². The molecule has 0 unspecified atom stereocenters. The fraction of sp³-hybridized carbons (Fsp3) is 0.450. The van der Waals surface area contributed by atoms with Crippen molar-refractivity contribution in [1.82, 2.24) is 14.9 Å². The first-order chi connectivity index (χ1) is 12.8. The highest BCUT2D eigenvalue weighted by atomic mass is 16.2. The van der Waals surface area contributed by atoms with Gasteiger partial charge >= 0.3 is 0 Å². The second kappa shape index (κ2) is 7.32. The first-order valence-corrected chi connectivity index (χ1v) is 9.42. The van der Waals surface area contributed by atoms with Crippen LogP contribution in [-0.4, -0.2) is 47.5 Å². The number of rotatable bonds is 4. The van der Waals surface area contributed by atoms with Gasteiger partial charge in [0.15, 0.2) is 0 Å². The van der Waals surface area contributed by atoms with Gasteiger partial charge in [-0.25, -0.2) is 4.98 Å². The Morgan fingerprint density at radius 3 is 2.58 bits per heavy atom. The zero-order chi connectivity index (χ0) is 17.9. The van der Waals surface area contributed by atoms with Gasteiger partial charge in [0.05, 0.1) is 24.1 Å². The van der Waals surface area contributed by atoms with Gasteiger partial charge in [0.25, 0.3) is 5.91 Å². The molecule has 2 aliphatic heterocycles. The first kappa shape index (κ1) is 16.8. The number of aromatic nitrogens is 2. The summed E-state index contributed by atoms with van der Waals surface area (Å²) in [5, 5.41) is 3.02. The minimum atomic E-state index is 0.00144. The van der Waals surface area contributed by atoms with Crippen LogP contribution in [-0.2, 0) is 0 Å². The van der Waals surface area contributed by atoms with Gasteiger partial charge in [0, 0.05) is 37.9 Å². The summed E-state index contributed by atoms with van der Waals surface area (Å²) < 4.78 is 0. The van der Waals surface area contributed by atoms with E-state index in [0.29, 0.717) is 0 Å². The summed E-state index contributed by atoms with van der Waals surface area (Å²) in [6, 6.07) is 8.07. The summed E-state index contributed by atoms with van der Waals surface area (Å²) in [6.07, 6.45) is 7.90. The van der Waals surface area contributed by atoms with Crippen molar-refractivity contribution in [3.63, 3.8) is 0 Å². The number of hydrogen-bond donors (Lipinski definition) is 1. The maximum absolute atomic E-state index is 13.1. The lowest BCUT2D eigenvalue weighted by molar-refractivity contribution is 0.0733. The highest BCUT2D eigenvalue weighted by molar-refractivity contribution is 5.95. The predicted molar refractivity (Wildman–Crippen MR) is 102 cm³/mol. The molecule has 1 aromatic heterocycles. The number of amides is 1. The molecular formula is C20H25N5O. The summed E-state index contributed by atoms with van der Waals surface area (Å²) in [4.78, 5) is 26.2. The maximum Gasteiger partial charge on any atom is 0.254 e. The van der Waals surface area contributed by atoms with E-state index >= 15 is 0 Å². The van der Waals surface area contributed by atoms with E-state index < -0.39 is 0 Å². The molecule has 3 heterocycles. The fourth-order valence-electron chi connectivity index (χ4n) is 3.94. The smallest absolute Gasteiger partial charge is 0.254 e. The van der Waals surface area contributed by atoms with Crippen molar-refractivity contribution in [3.05, 3.63) is 47.9 Å². The molecule has 4 rings (SSSR count). The molecule has 1 atom stereocenters. The van der Waals surface area contributed by atoms with E-state index in [1.54, 1.807) is 12.4 Å². The lowest BCUT2D eigenvalue weighted by Gasteiger charge is -2.25. The van der Waals surface area contributed by atoms with Crippen LogP contribution in [0, 0.1) is 0 Å². The fourth-order valence-corrected chi connectivity index (χ4v) is 3.94. The van der Waals surface area contributed by atoms with Crippen molar-refractivity contribution in [2.75, 3.05) is 36.9 Å². The summed E-state index contributed by atoms with van der Waals surface area (Å²) in [5.74, 6) is 0.814. The van der Waals surface area contributed by atoms with Crippen LogP contribution in [0.15, 0.2) is 36.7 Å². The van der Waals surface area contributed by atoms with Crippen molar-refractivity contribution in [1.29, 1.82) is 0 Å². The van der Waals surface area contributed by atoms with Crippen LogP contribution >= 0.6 is 0 Å². The molecule has 0 radical (unpaired) electrons. The minimum Gasteiger partial charge on any atom is -0.372 e. The highest BCUT2D eigenvalue weighted by Gasteiger charge is 2.32. The Kier molecular flexibility index (Phi) is 4.73. The standard InChI is InChI=1S/C20H25N5O/c1-21-19-14-22-13-17(23-19)18-5-4-12-25(18)20(26)15-6-8-16(9-7-15)24-10-2-3-11-24/h6-9,13-14,18H,2-5,10-12H2,1H3,(H,21,23)/t18-/m1/s1. The van der Waals surface area contributed by atoms with Crippen LogP contribution in [0.1, 0.15) is 47.8 Å². The van der Waals surface area contributed by atoms with Gasteiger partial charge in [0.1, 0.15) is 5.82 Å². The number of nitrogens with zero attached hydrogens (tertiary/aromatic N) is 4. The van der Waals surface area contributed by atoms with Gasteiger partial charge in [-0.15, -0.1) is 0 Å².